The molecule has 0 radical (unpaired) electrons. The fraction of sp³-hybridized carbons (Fsp3) is 0.556. The largest absolute Gasteiger partial charge is 0.334 e. The molecular formula is C18H27N3O4S. The Balaban J connectivity index is 2.06. The number of benzene rings is 1. The van der Waals surface area contributed by atoms with E-state index in [4.69, 9.17) is 0 Å². The maximum Gasteiger partial charge on any atom is 0.254 e. The van der Waals surface area contributed by atoms with Gasteiger partial charge >= 0.3 is 0 Å². The number of piperidine rings is 1. The summed E-state index contributed by atoms with van der Waals surface area (Å²) in [4.78, 5) is 26.3. The van der Waals surface area contributed by atoms with Crippen LogP contribution < -0.4 is 10.0 Å². The highest BCUT2D eigenvalue weighted by Gasteiger charge is 2.28. The van der Waals surface area contributed by atoms with Crippen LogP contribution in [0.25, 0.3) is 0 Å². The van der Waals surface area contributed by atoms with Gasteiger partial charge in [0.1, 0.15) is 0 Å². The Kier molecular flexibility index (Phi) is 6.77. The number of nitrogens with one attached hydrogen (secondary N) is 2. The molecule has 26 heavy (non-hydrogen) atoms. The Hall–Kier alpha value is -1.93. The second kappa shape index (κ2) is 8.64. The number of rotatable bonds is 6. The Labute approximate surface area is 155 Å². The van der Waals surface area contributed by atoms with Crippen molar-refractivity contribution in [2.45, 2.75) is 39.2 Å². The molecule has 1 heterocycles. The third kappa shape index (κ3) is 5.81. The SMILES string of the molecule is CC(C)C(=O)Nc1ccc(C(=O)N2CCCC[C@H]2CNS(C)(=O)=O)cc1. The number of hydrogen-bond donors (Lipinski definition) is 2. The first-order valence-electron chi connectivity index (χ1n) is 8.84. The average molecular weight is 381 g/mol. The maximum absolute atomic E-state index is 12.8. The van der Waals surface area contributed by atoms with Crippen LogP contribution in [0.15, 0.2) is 24.3 Å². The van der Waals surface area contributed by atoms with E-state index in [9.17, 15) is 18.0 Å². The molecule has 2 N–H and O–H groups in total. The van der Waals surface area contributed by atoms with Crippen molar-refractivity contribution in [2.75, 3.05) is 24.7 Å². The molecule has 0 saturated carbocycles. The van der Waals surface area contributed by atoms with Gasteiger partial charge in [0.2, 0.25) is 15.9 Å². The molecular weight excluding hydrogens is 354 g/mol. The summed E-state index contributed by atoms with van der Waals surface area (Å²) in [7, 11) is -3.29. The van der Waals surface area contributed by atoms with Gasteiger partial charge < -0.3 is 10.2 Å². The Bertz CT molecular complexity index is 744. The maximum atomic E-state index is 12.8. The lowest BCUT2D eigenvalue weighted by molar-refractivity contribution is -0.118. The fourth-order valence-electron chi connectivity index (χ4n) is 2.88. The predicted molar refractivity (Wildman–Crippen MR) is 101 cm³/mol. The molecule has 8 heteroatoms. The number of anilines is 1. The van der Waals surface area contributed by atoms with E-state index in [0.29, 0.717) is 17.8 Å². The number of carbonyl (C=O) groups excluding carboxylic acids is 2. The van der Waals surface area contributed by atoms with Gasteiger partial charge in [0, 0.05) is 36.3 Å². The van der Waals surface area contributed by atoms with Crippen molar-refractivity contribution < 1.29 is 18.0 Å². The topological polar surface area (TPSA) is 95.6 Å². The number of carbonyl (C=O) groups is 2. The van der Waals surface area contributed by atoms with E-state index in [1.807, 2.05) is 13.8 Å². The summed E-state index contributed by atoms with van der Waals surface area (Å²) in [6.45, 7) is 4.47. The molecule has 1 saturated heterocycles. The summed E-state index contributed by atoms with van der Waals surface area (Å²) < 4.78 is 25.2. The molecule has 2 amide bonds. The monoisotopic (exact) mass is 381 g/mol. The fourth-order valence-corrected chi connectivity index (χ4v) is 3.37. The van der Waals surface area contributed by atoms with Crippen molar-refractivity contribution >= 4 is 27.5 Å². The van der Waals surface area contributed by atoms with Crippen molar-refractivity contribution in [3.05, 3.63) is 29.8 Å². The van der Waals surface area contributed by atoms with Crippen LogP contribution in [0.4, 0.5) is 5.69 Å². The lowest BCUT2D eigenvalue weighted by Gasteiger charge is -2.35. The first-order valence-corrected chi connectivity index (χ1v) is 10.7. The van der Waals surface area contributed by atoms with E-state index in [-0.39, 0.29) is 30.3 Å². The lowest BCUT2D eigenvalue weighted by Crippen LogP contribution is -2.49. The molecule has 7 nitrogen and oxygen atoms in total. The Morgan fingerprint density at radius 2 is 1.85 bits per heavy atom. The van der Waals surface area contributed by atoms with Crippen molar-refractivity contribution in [1.82, 2.24) is 9.62 Å². The van der Waals surface area contributed by atoms with E-state index >= 15 is 0 Å². The van der Waals surface area contributed by atoms with Crippen LogP contribution >= 0.6 is 0 Å². The van der Waals surface area contributed by atoms with Crippen molar-refractivity contribution in [1.29, 1.82) is 0 Å². The summed E-state index contributed by atoms with van der Waals surface area (Å²) >= 11 is 0. The van der Waals surface area contributed by atoms with Gasteiger partial charge in [0.25, 0.3) is 5.91 Å². The van der Waals surface area contributed by atoms with Crippen LogP contribution in [0.5, 0.6) is 0 Å². The molecule has 1 aromatic rings. The second-order valence-electron chi connectivity index (χ2n) is 6.99. The molecule has 1 aromatic carbocycles. The van der Waals surface area contributed by atoms with Gasteiger partial charge in [0.15, 0.2) is 0 Å². The molecule has 0 bridgehead atoms. The molecule has 0 unspecified atom stereocenters. The summed E-state index contributed by atoms with van der Waals surface area (Å²) in [6.07, 6.45) is 3.77. The standard InChI is InChI=1S/C18H27N3O4S/c1-13(2)17(22)20-15-9-7-14(8-10-15)18(23)21-11-5-4-6-16(21)12-19-26(3,24)25/h7-10,13,16,19H,4-6,11-12H2,1-3H3,(H,20,22)/t16-/m0/s1. The highest BCUT2D eigenvalue weighted by Crippen LogP contribution is 2.20. The van der Waals surface area contributed by atoms with Gasteiger partial charge in [0.05, 0.1) is 6.26 Å². The molecule has 0 aliphatic carbocycles. The van der Waals surface area contributed by atoms with Gasteiger partial charge in [-0.05, 0) is 43.5 Å². The number of hydrogen-bond acceptors (Lipinski definition) is 4. The van der Waals surface area contributed by atoms with Gasteiger partial charge in [-0.25, -0.2) is 13.1 Å². The molecule has 0 spiro atoms. The van der Waals surface area contributed by atoms with E-state index in [1.54, 1.807) is 29.2 Å². The quantitative estimate of drug-likeness (QED) is 0.786. The summed E-state index contributed by atoms with van der Waals surface area (Å²) in [5, 5.41) is 2.79. The minimum atomic E-state index is -3.29. The van der Waals surface area contributed by atoms with Crippen LogP contribution in [0, 0.1) is 5.92 Å². The molecule has 1 atom stereocenters. The van der Waals surface area contributed by atoms with Crippen molar-refractivity contribution in [3.63, 3.8) is 0 Å². The molecule has 144 valence electrons. The highest BCUT2D eigenvalue weighted by molar-refractivity contribution is 7.88. The van der Waals surface area contributed by atoms with Crippen LogP contribution in [-0.4, -0.2) is 50.5 Å². The second-order valence-corrected chi connectivity index (χ2v) is 8.82. The zero-order valence-electron chi connectivity index (χ0n) is 15.5. The first-order chi connectivity index (χ1) is 12.2. The van der Waals surface area contributed by atoms with Gasteiger partial charge in [-0.3, -0.25) is 9.59 Å². The van der Waals surface area contributed by atoms with Crippen LogP contribution in [-0.2, 0) is 14.8 Å². The van der Waals surface area contributed by atoms with Gasteiger partial charge in [-0.1, -0.05) is 13.8 Å². The Morgan fingerprint density at radius 3 is 2.42 bits per heavy atom. The molecule has 1 fully saturated rings. The molecule has 1 aliphatic rings. The molecule has 1 aliphatic heterocycles. The normalized spacial score (nSPS) is 18.0. The average Bonchev–Trinajstić information content (AvgIpc) is 2.59. The zero-order chi connectivity index (χ0) is 19.3. The number of sulfonamides is 1. The highest BCUT2D eigenvalue weighted by atomic mass is 32.2. The first kappa shape index (κ1) is 20.4. The number of likely N-dealkylation sites (tertiary alicyclic amines) is 1. The van der Waals surface area contributed by atoms with Crippen LogP contribution in [0.2, 0.25) is 0 Å². The predicted octanol–water partition coefficient (Wildman–Crippen LogP) is 1.82. The third-order valence-electron chi connectivity index (χ3n) is 4.39. The van der Waals surface area contributed by atoms with Gasteiger partial charge in [-0.15, -0.1) is 0 Å². The third-order valence-corrected chi connectivity index (χ3v) is 5.08. The summed E-state index contributed by atoms with van der Waals surface area (Å²) in [5.41, 5.74) is 1.17. The summed E-state index contributed by atoms with van der Waals surface area (Å²) in [5.74, 6) is -0.313. The number of nitrogens with zero attached hydrogens (tertiary/aromatic N) is 1. The van der Waals surface area contributed by atoms with E-state index < -0.39 is 10.0 Å². The van der Waals surface area contributed by atoms with Crippen LogP contribution in [0.3, 0.4) is 0 Å². The van der Waals surface area contributed by atoms with E-state index in [2.05, 4.69) is 10.0 Å². The van der Waals surface area contributed by atoms with Crippen molar-refractivity contribution in [3.8, 4) is 0 Å². The smallest absolute Gasteiger partial charge is 0.254 e. The van der Waals surface area contributed by atoms with E-state index in [1.165, 1.54) is 0 Å². The van der Waals surface area contributed by atoms with E-state index in [0.717, 1.165) is 25.5 Å². The molecule has 2 rings (SSSR count). The molecule has 0 aromatic heterocycles. The van der Waals surface area contributed by atoms with Gasteiger partial charge in [-0.2, -0.15) is 0 Å². The minimum absolute atomic E-state index is 0.0768. The minimum Gasteiger partial charge on any atom is -0.334 e. The Morgan fingerprint density at radius 1 is 1.19 bits per heavy atom. The lowest BCUT2D eigenvalue weighted by atomic mass is 10.0. The zero-order valence-corrected chi connectivity index (χ0v) is 16.3. The van der Waals surface area contributed by atoms with Crippen molar-refractivity contribution in [2.24, 2.45) is 5.92 Å². The summed E-state index contributed by atoms with van der Waals surface area (Å²) in [6, 6.07) is 6.65. The van der Waals surface area contributed by atoms with Crippen LogP contribution in [0.1, 0.15) is 43.5 Å². The number of amides is 2.